The zero-order valence-electron chi connectivity index (χ0n) is 10.4. The van der Waals surface area contributed by atoms with Crippen LogP contribution in [-0.2, 0) is 0 Å². The molecule has 6 nitrogen and oxygen atoms in total. The van der Waals surface area contributed by atoms with Crippen LogP contribution < -0.4 is 23.0 Å². The van der Waals surface area contributed by atoms with E-state index in [0.29, 0.717) is 0 Å². The molecule has 0 amide bonds. The van der Waals surface area contributed by atoms with Crippen LogP contribution >= 0.6 is 11.3 Å². The maximum absolute atomic E-state index is 8.49. The standard InChI is InChI=1S/C10H13N2S.ClHO4/c1-6-5-13-10-11-8(3)7(2)9(4)12(6)10;2-1(3,4)5/h5H,1-4H3;(H,2,3,4,5)/q+1;/p-1. The largest absolute Gasteiger partial charge is 0.387 e. The summed E-state index contributed by atoms with van der Waals surface area (Å²) >= 11 is 1.70. The fourth-order valence-electron chi connectivity index (χ4n) is 1.54. The second kappa shape index (κ2) is 5.43. The molecule has 0 aliphatic heterocycles. The van der Waals surface area contributed by atoms with Gasteiger partial charge in [0.1, 0.15) is 11.4 Å². The van der Waals surface area contributed by atoms with E-state index in [-0.39, 0.29) is 0 Å². The highest BCUT2D eigenvalue weighted by molar-refractivity contribution is 7.14. The minimum Gasteiger partial charge on any atom is -0.222 e. The van der Waals surface area contributed by atoms with Gasteiger partial charge in [0.05, 0.1) is 0 Å². The predicted molar refractivity (Wildman–Crippen MR) is 54.2 cm³/mol. The van der Waals surface area contributed by atoms with Crippen molar-refractivity contribution in [1.82, 2.24) is 4.98 Å². The lowest BCUT2D eigenvalue weighted by Crippen LogP contribution is -2.68. The Balaban J connectivity index is 0.000000280. The van der Waals surface area contributed by atoms with Gasteiger partial charge in [0.2, 0.25) is 0 Å². The Labute approximate surface area is 111 Å². The second-order valence-electron chi connectivity index (χ2n) is 3.78. The van der Waals surface area contributed by atoms with Crippen LogP contribution in [-0.4, -0.2) is 4.98 Å². The van der Waals surface area contributed by atoms with Crippen LogP contribution in [0.5, 0.6) is 0 Å². The zero-order chi connectivity index (χ0) is 14.1. The fraction of sp³-hybridized carbons (Fsp3) is 0.400. The molecule has 100 valence electrons. The van der Waals surface area contributed by atoms with Crippen LogP contribution in [0.4, 0.5) is 0 Å². The Hall–Kier alpha value is -0.830. The summed E-state index contributed by atoms with van der Waals surface area (Å²) in [4.78, 5) is 5.63. The number of fused-ring (bicyclic) bond motifs is 1. The Morgan fingerprint density at radius 3 is 2.11 bits per heavy atom. The molecule has 2 rings (SSSR count). The van der Waals surface area contributed by atoms with Crippen molar-refractivity contribution in [3.8, 4) is 0 Å². The normalized spacial score (nSPS) is 11.3. The number of nitrogens with zero attached hydrogens (tertiary/aromatic N) is 2. The van der Waals surface area contributed by atoms with E-state index in [2.05, 4.69) is 42.5 Å². The van der Waals surface area contributed by atoms with Gasteiger partial charge >= 0.3 is 4.96 Å². The van der Waals surface area contributed by atoms with Crippen LogP contribution in [0.1, 0.15) is 22.6 Å². The van der Waals surface area contributed by atoms with Crippen LogP contribution in [0.3, 0.4) is 0 Å². The highest BCUT2D eigenvalue weighted by Crippen LogP contribution is 2.13. The Kier molecular flexibility index (Phi) is 4.60. The molecule has 0 fully saturated rings. The molecule has 0 N–H and O–H groups in total. The number of aryl methyl sites for hydroxylation is 3. The highest BCUT2D eigenvalue weighted by atomic mass is 35.7. The molecule has 0 aliphatic rings. The summed E-state index contributed by atoms with van der Waals surface area (Å²) in [6.45, 7) is 8.46. The Morgan fingerprint density at radius 2 is 1.61 bits per heavy atom. The molecule has 2 heterocycles. The molecule has 0 aliphatic carbocycles. The third-order valence-corrected chi connectivity index (χ3v) is 3.51. The van der Waals surface area contributed by atoms with Crippen molar-refractivity contribution in [1.29, 1.82) is 0 Å². The van der Waals surface area contributed by atoms with Gasteiger partial charge in [-0.2, -0.15) is 4.40 Å². The van der Waals surface area contributed by atoms with Gasteiger partial charge in [-0.3, -0.25) is 0 Å². The van der Waals surface area contributed by atoms with Gasteiger partial charge < -0.3 is 0 Å². The summed E-state index contributed by atoms with van der Waals surface area (Å²) in [7, 11) is -4.94. The van der Waals surface area contributed by atoms with E-state index >= 15 is 0 Å². The van der Waals surface area contributed by atoms with Gasteiger partial charge in [-0.25, -0.2) is 18.6 Å². The first-order valence-electron chi connectivity index (χ1n) is 4.96. The lowest BCUT2D eigenvalue weighted by molar-refractivity contribution is -2.00. The summed E-state index contributed by atoms with van der Waals surface area (Å²) in [5.74, 6) is 0. The van der Waals surface area contributed by atoms with E-state index in [1.807, 2.05) is 0 Å². The Bertz CT molecular complexity index is 559. The Morgan fingerprint density at radius 1 is 1.11 bits per heavy atom. The molecule has 2 aromatic heterocycles. The van der Waals surface area contributed by atoms with Crippen molar-refractivity contribution in [2.45, 2.75) is 27.7 Å². The van der Waals surface area contributed by atoms with Crippen LogP contribution in [0, 0.1) is 37.9 Å². The first-order valence-corrected chi connectivity index (χ1v) is 7.08. The van der Waals surface area contributed by atoms with Crippen molar-refractivity contribution in [2.24, 2.45) is 0 Å². The third-order valence-electron chi connectivity index (χ3n) is 2.56. The van der Waals surface area contributed by atoms with Crippen LogP contribution in [0.25, 0.3) is 4.96 Å². The first-order chi connectivity index (χ1) is 8.11. The maximum atomic E-state index is 8.49. The third kappa shape index (κ3) is 3.84. The quantitative estimate of drug-likeness (QED) is 0.493. The van der Waals surface area contributed by atoms with Gasteiger partial charge in [0, 0.05) is 17.9 Å². The van der Waals surface area contributed by atoms with Gasteiger partial charge in [0.25, 0.3) is 0 Å². The van der Waals surface area contributed by atoms with Crippen molar-refractivity contribution >= 4 is 16.3 Å². The molecular weight excluding hydrogens is 280 g/mol. The first kappa shape index (κ1) is 15.2. The molecule has 0 radical (unpaired) electrons. The SMILES string of the molecule is Cc1nc2scc(C)[n+]2c(C)c1C.[O-][Cl+3]([O-])([O-])[O-]. The van der Waals surface area contributed by atoms with Crippen molar-refractivity contribution in [3.05, 3.63) is 28.0 Å². The molecule has 18 heavy (non-hydrogen) atoms. The molecule has 2 aromatic rings. The summed E-state index contributed by atoms with van der Waals surface area (Å²) in [5, 5.41) is 2.15. The summed E-state index contributed by atoms with van der Waals surface area (Å²) in [6.07, 6.45) is 0. The predicted octanol–water partition coefficient (Wildman–Crippen LogP) is -2.64. The lowest BCUT2D eigenvalue weighted by Gasteiger charge is -2.17. The van der Waals surface area contributed by atoms with Crippen molar-refractivity contribution in [3.63, 3.8) is 0 Å². The fourth-order valence-corrected chi connectivity index (χ4v) is 2.49. The molecule has 0 saturated carbocycles. The van der Waals surface area contributed by atoms with E-state index < -0.39 is 10.2 Å². The van der Waals surface area contributed by atoms with Gasteiger partial charge in [-0.1, -0.05) is 11.3 Å². The van der Waals surface area contributed by atoms with Gasteiger partial charge in [-0.15, -0.1) is 10.2 Å². The maximum Gasteiger partial charge on any atom is 0.387 e. The number of halogens is 1. The molecular formula is C10H13ClN2O4S. The minimum absolute atomic E-state index is 1.10. The van der Waals surface area contributed by atoms with Crippen LogP contribution in [0.2, 0.25) is 0 Å². The van der Waals surface area contributed by atoms with Crippen molar-refractivity contribution in [2.75, 3.05) is 0 Å². The monoisotopic (exact) mass is 292 g/mol. The molecule has 0 aromatic carbocycles. The van der Waals surface area contributed by atoms with E-state index in [4.69, 9.17) is 18.6 Å². The molecule has 0 saturated heterocycles. The molecule has 0 bridgehead atoms. The number of rotatable bonds is 0. The van der Waals surface area contributed by atoms with Gasteiger partial charge in [0.15, 0.2) is 5.69 Å². The minimum atomic E-state index is -4.94. The topological polar surface area (TPSA) is 109 Å². The van der Waals surface area contributed by atoms with Crippen LogP contribution in [0.15, 0.2) is 5.38 Å². The summed E-state index contributed by atoms with van der Waals surface area (Å²) < 4.78 is 36.2. The summed E-state index contributed by atoms with van der Waals surface area (Å²) in [5.41, 5.74) is 5.01. The number of thiazole rings is 1. The van der Waals surface area contributed by atoms with E-state index in [0.717, 1.165) is 10.7 Å². The number of aromatic nitrogens is 2. The van der Waals surface area contributed by atoms with E-state index in [1.165, 1.54) is 17.0 Å². The average molecular weight is 293 g/mol. The molecule has 8 heteroatoms. The lowest BCUT2D eigenvalue weighted by atomic mass is 10.2. The second-order valence-corrected chi connectivity index (χ2v) is 5.37. The smallest absolute Gasteiger partial charge is 0.222 e. The zero-order valence-corrected chi connectivity index (χ0v) is 12.0. The molecule has 0 atom stereocenters. The summed E-state index contributed by atoms with van der Waals surface area (Å²) in [6, 6.07) is 0. The van der Waals surface area contributed by atoms with E-state index in [9.17, 15) is 0 Å². The van der Waals surface area contributed by atoms with Crippen molar-refractivity contribution < 1.29 is 33.3 Å². The van der Waals surface area contributed by atoms with Gasteiger partial charge in [-0.05, 0) is 25.8 Å². The average Bonchev–Trinajstić information content (AvgIpc) is 2.54. The highest BCUT2D eigenvalue weighted by Gasteiger charge is 2.16. The molecule has 0 unspecified atom stereocenters. The number of hydrogen-bond donors (Lipinski definition) is 0. The van der Waals surface area contributed by atoms with E-state index in [1.54, 1.807) is 11.3 Å². The molecule has 0 spiro atoms. The number of hydrogen-bond acceptors (Lipinski definition) is 6.